The quantitative estimate of drug-likeness (QED) is 0.136. The highest BCUT2D eigenvalue weighted by atomic mass is 35.5. The Kier molecular flexibility index (Phi) is 8.23. The molecule has 2 aromatic rings. The van der Waals surface area contributed by atoms with Crippen molar-refractivity contribution in [2.45, 2.75) is 31.2 Å². The normalized spacial score (nSPS) is 12.6. The van der Waals surface area contributed by atoms with Crippen LogP contribution in [0.2, 0.25) is 5.02 Å². The Labute approximate surface area is 189 Å². The number of nitrogens with zero attached hydrogens (tertiary/aromatic N) is 1. The first-order valence-corrected chi connectivity index (χ1v) is 9.52. The Morgan fingerprint density at radius 3 is 2.24 bits per heavy atom. The molecule has 2 aromatic carbocycles. The smallest absolute Gasteiger partial charge is 0.462 e. The van der Waals surface area contributed by atoms with Gasteiger partial charge in [-0.25, -0.2) is 5.43 Å². The Balaban J connectivity index is 2.27. The maximum absolute atomic E-state index is 13.3. The van der Waals surface area contributed by atoms with Crippen molar-refractivity contribution in [1.29, 1.82) is 0 Å². The van der Waals surface area contributed by atoms with Crippen LogP contribution in [0.25, 0.3) is 0 Å². The van der Waals surface area contributed by atoms with Gasteiger partial charge in [-0.05, 0) is 41.8 Å². The van der Waals surface area contributed by atoms with Crippen molar-refractivity contribution in [2.24, 2.45) is 5.10 Å². The van der Waals surface area contributed by atoms with E-state index in [0.717, 1.165) is 5.56 Å². The standard InChI is InChI=1S/C21H18ClF7N2O2/c1-3-4-15-9-14(11-30-31-21(28,29)19(23,24)20(25,26)27)10-17(32-2)18(15)33-12-13-5-7-16(22)8-6-13/h3,5-11,31H,1,4,12H2,2H3/b30-11+. The third-order valence-electron chi connectivity index (χ3n) is 4.20. The number of hydrogen-bond acceptors (Lipinski definition) is 4. The topological polar surface area (TPSA) is 42.9 Å². The van der Waals surface area contributed by atoms with Gasteiger partial charge in [0, 0.05) is 10.6 Å². The highest BCUT2D eigenvalue weighted by molar-refractivity contribution is 6.30. The Bertz CT molecular complexity index is 993. The molecule has 0 saturated heterocycles. The molecule has 2 rings (SSSR count). The lowest BCUT2D eigenvalue weighted by molar-refractivity contribution is -0.361. The Morgan fingerprint density at radius 1 is 1.06 bits per heavy atom. The van der Waals surface area contributed by atoms with E-state index in [9.17, 15) is 30.7 Å². The van der Waals surface area contributed by atoms with Crippen LogP contribution in [0.15, 0.2) is 54.2 Å². The second-order valence-corrected chi connectivity index (χ2v) is 7.07. The maximum Gasteiger partial charge on any atom is 0.462 e. The molecular formula is C21H18ClF7N2O2. The molecule has 1 N–H and O–H groups in total. The number of hydrazone groups is 1. The summed E-state index contributed by atoms with van der Waals surface area (Å²) in [7, 11) is 1.30. The molecule has 0 spiro atoms. The summed E-state index contributed by atoms with van der Waals surface area (Å²) in [5, 5.41) is 3.40. The molecule has 0 bridgehead atoms. The average Bonchev–Trinajstić information content (AvgIpc) is 2.73. The van der Waals surface area contributed by atoms with Gasteiger partial charge in [0.1, 0.15) is 6.61 Å². The summed E-state index contributed by atoms with van der Waals surface area (Å²) < 4.78 is 100. The van der Waals surface area contributed by atoms with Gasteiger partial charge in [-0.2, -0.15) is 35.8 Å². The summed E-state index contributed by atoms with van der Waals surface area (Å²) in [6.07, 6.45) is -4.06. The van der Waals surface area contributed by atoms with Gasteiger partial charge in [-0.3, -0.25) is 0 Å². The number of hydrogen-bond donors (Lipinski definition) is 1. The van der Waals surface area contributed by atoms with E-state index in [0.29, 0.717) is 28.0 Å². The molecule has 0 heterocycles. The van der Waals surface area contributed by atoms with Crippen molar-refractivity contribution in [3.05, 3.63) is 70.8 Å². The number of rotatable bonds is 10. The molecule has 0 fully saturated rings. The minimum Gasteiger partial charge on any atom is -0.493 e. The molecular weight excluding hydrogens is 481 g/mol. The third-order valence-corrected chi connectivity index (χ3v) is 4.46. The highest BCUT2D eigenvalue weighted by Crippen LogP contribution is 2.45. The molecule has 0 aliphatic heterocycles. The summed E-state index contributed by atoms with van der Waals surface area (Å²) in [6, 6.07) is 3.86. The van der Waals surface area contributed by atoms with Crippen molar-refractivity contribution < 1.29 is 40.2 Å². The fourth-order valence-corrected chi connectivity index (χ4v) is 2.68. The van der Waals surface area contributed by atoms with E-state index in [4.69, 9.17) is 21.1 Å². The molecule has 0 amide bonds. The number of ether oxygens (including phenoxy) is 2. The van der Waals surface area contributed by atoms with Crippen molar-refractivity contribution in [1.82, 2.24) is 5.43 Å². The van der Waals surface area contributed by atoms with Crippen molar-refractivity contribution in [3.8, 4) is 11.5 Å². The number of halogens is 8. The first-order chi connectivity index (χ1) is 15.3. The van der Waals surface area contributed by atoms with E-state index >= 15 is 0 Å². The fourth-order valence-electron chi connectivity index (χ4n) is 2.55. The number of allylic oxidation sites excluding steroid dienone is 1. The monoisotopic (exact) mass is 498 g/mol. The first kappa shape index (κ1) is 26.3. The van der Waals surface area contributed by atoms with E-state index in [1.54, 1.807) is 24.3 Å². The maximum atomic E-state index is 13.3. The minimum atomic E-state index is -6.47. The molecule has 0 atom stereocenters. The van der Waals surface area contributed by atoms with Crippen LogP contribution in [0.4, 0.5) is 30.7 Å². The zero-order valence-electron chi connectivity index (χ0n) is 17.0. The van der Waals surface area contributed by atoms with E-state index in [1.807, 2.05) is 0 Å². The van der Waals surface area contributed by atoms with Crippen LogP contribution in [0.5, 0.6) is 11.5 Å². The lowest BCUT2D eigenvalue weighted by Gasteiger charge is -2.27. The predicted molar refractivity (Wildman–Crippen MR) is 109 cm³/mol. The van der Waals surface area contributed by atoms with Crippen LogP contribution in [0.3, 0.4) is 0 Å². The zero-order chi connectivity index (χ0) is 24.9. The highest BCUT2D eigenvalue weighted by Gasteiger charge is 2.73. The number of alkyl halides is 7. The van der Waals surface area contributed by atoms with Crippen LogP contribution in [0.1, 0.15) is 16.7 Å². The van der Waals surface area contributed by atoms with Gasteiger partial charge < -0.3 is 9.47 Å². The molecule has 4 nitrogen and oxygen atoms in total. The zero-order valence-corrected chi connectivity index (χ0v) is 17.8. The van der Waals surface area contributed by atoms with Gasteiger partial charge >= 0.3 is 18.1 Å². The molecule has 12 heteroatoms. The largest absolute Gasteiger partial charge is 0.493 e. The first-order valence-electron chi connectivity index (χ1n) is 9.14. The molecule has 0 aromatic heterocycles. The second-order valence-electron chi connectivity index (χ2n) is 6.64. The summed E-state index contributed by atoms with van der Waals surface area (Å²) >= 11 is 5.84. The second kappa shape index (κ2) is 10.3. The van der Waals surface area contributed by atoms with Gasteiger partial charge in [0.25, 0.3) is 0 Å². The van der Waals surface area contributed by atoms with Gasteiger partial charge in [0.15, 0.2) is 11.5 Å². The van der Waals surface area contributed by atoms with Gasteiger partial charge in [-0.15, -0.1) is 6.58 Å². The minimum absolute atomic E-state index is 0.0705. The SMILES string of the molecule is C=CCc1cc(/C=N/NC(F)(F)C(F)(F)C(F)(F)F)cc(OC)c1OCc1ccc(Cl)cc1. The average molecular weight is 499 g/mol. The van der Waals surface area contributed by atoms with Gasteiger partial charge in [-0.1, -0.05) is 29.8 Å². The predicted octanol–water partition coefficient (Wildman–Crippen LogP) is 6.37. The molecule has 0 aliphatic rings. The van der Waals surface area contributed by atoms with Crippen LogP contribution >= 0.6 is 11.6 Å². The molecule has 0 saturated carbocycles. The van der Waals surface area contributed by atoms with E-state index < -0.39 is 18.1 Å². The van der Waals surface area contributed by atoms with Crippen molar-refractivity contribution in [2.75, 3.05) is 7.11 Å². The number of benzene rings is 2. The number of methoxy groups -OCH3 is 1. The lowest BCUT2D eigenvalue weighted by atomic mass is 10.1. The molecule has 180 valence electrons. The Hall–Kier alpha value is -2.95. The summed E-state index contributed by atoms with van der Waals surface area (Å²) in [5.74, 6) is -5.88. The van der Waals surface area contributed by atoms with Crippen LogP contribution in [-0.2, 0) is 13.0 Å². The van der Waals surface area contributed by atoms with Gasteiger partial charge in [0.05, 0.1) is 13.3 Å². The van der Waals surface area contributed by atoms with Gasteiger partial charge in [0.2, 0.25) is 0 Å². The van der Waals surface area contributed by atoms with Crippen LogP contribution in [0, 0.1) is 0 Å². The van der Waals surface area contributed by atoms with Crippen LogP contribution in [-0.4, -0.2) is 31.5 Å². The van der Waals surface area contributed by atoms with Crippen molar-refractivity contribution >= 4 is 17.8 Å². The summed E-state index contributed by atoms with van der Waals surface area (Å²) in [5.41, 5.74) is 1.91. The van der Waals surface area contributed by atoms with E-state index in [1.165, 1.54) is 25.3 Å². The Morgan fingerprint density at radius 2 is 1.70 bits per heavy atom. The molecule has 0 radical (unpaired) electrons. The van der Waals surface area contributed by atoms with Crippen molar-refractivity contribution in [3.63, 3.8) is 0 Å². The fraction of sp³-hybridized carbons (Fsp3) is 0.286. The molecule has 0 aliphatic carbocycles. The lowest BCUT2D eigenvalue weighted by Crippen LogP contribution is -2.58. The summed E-state index contributed by atoms with van der Waals surface area (Å²) in [6.45, 7) is 3.74. The third kappa shape index (κ3) is 6.31. The van der Waals surface area contributed by atoms with E-state index in [2.05, 4.69) is 11.7 Å². The summed E-state index contributed by atoms with van der Waals surface area (Å²) in [4.78, 5) is 0. The molecule has 33 heavy (non-hydrogen) atoms. The van der Waals surface area contributed by atoms with Crippen LogP contribution < -0.4 is 14.9 Å². The molecule has 0 unspecified atom stereocenters. The van der Waals surface area contributed by atoms with E-state index in [-0.39, 0.29) is 24.3 Å². The number of nitrogens with one attached hydrogen (secondary N) is 1.